The molecule has 0 unspecified atom stereocenters. The number of anilines is 4. The molecule has 9 aliphatic rings. The van der Waals surface area contributed by atoms with Crippen molar-refractivity contribution >= 4 is 116 Å². The number of amides is 8. The highest BCUT2D eigenvalue weighted by molar-refractivity contribution is 7.18. The Morgan fingerprint density at radius 2 is 0.672 bits per heavy atom. The van der Waals surface area contributed by atoms with Crippen molar-refractivity contribution in [2.75, 3.05) is 40.9 Å². The number of hydrogen-bond donors (Lipinski definition) is 12. The van der Waals surface area contributed by atoms with Crippen LogP contribution in [0.1, 0.15) is 311 Å². The molecule has 8 aromatic rings. The quantitative estimate of drug-likeness (QED) is 0.0253. The van der Waals surface area contributed by atoms with E-state index < -0.39 is 36.3 Å². The largest absolute Gasteiger partial charge is 0.391 e. The van der Waals surface area contributed by atoms with Crippen LogP contribution in [0.25, 0.3) is 41.8 Å². The molecule has 0 aromatic carbocycles. The van der Waals surface area contributed by atoms with Crippen molar-refractivity contribution in [3.05, 3.63) is 114 Å². The summed E-state index contributed by atoms with van der Waals surface area (Å²) >= 11 is 4.69. The van der Waals surface area contributed by atoms with Crippen LogP contribution in [0.2, 0.25) is 0 Å². The van der Waals surface area contributed by atoms with Crippen LogP contribution < -0.4 is 42.5 Å². The monoisotopic (exact) mass is 1870 g/mol. The molecule has 0 radical (unpaired) electrons. The minimum absolute atomic E-state index is 0.0536. The number of aryl methyl sites for hydroxylation is 4. The van der Waals surface area contributed by atoms with Gasteiger partial charge < -0.3 is 82.6 Å². The zero-order chi connectivity index (χ0) is 95.7. The molecule has 3 aliphatic carbocycles. The SMILES string of the molecule is Cc1cc(NC(C)C)ncc1-c1sc(C(=O)N[C@@H]2CC[C@H]2O)nc1C(=O)N1C2CCC1CC2.Cc1cc(NC(C)C)ncc1-c1sc(C(=O)N[C@H]2CCC[C@@H]2O)nc1C(=O)N1CCC[C@@H]1C.Cc1cc(NC(C)C)ncc1-c1sc(C(=O)N[C@H]2CC[C@@H]2O)nc1C(=O)N1C2CCC1CC2.[2H]C([2H])(NC(=O)c1nc(C(=O)N2CCC[C@@H]2C)c(-c2cnc(NC(C)C)cc2C)s1)C(C)(C)O. The fourth-order valence-corrected chi connectivity index (χ4v) is 22.6. The Morgan fingerprint density at radius 3 is 0.901 bits per heavy atom. The van der Waals surface area contributed by atoms with Crippen LogP contribution in [0, 0.1) is 27.7 Å². The van der Waals surface area contributed by atoms with E-state index in [2.05, 4.69) is 110 Å². The third-order valence-corrected chi connectivity index (χ3v) is 30.0. The molecular formula is C95H128N20O12S4. The normalized spacial score (nSPS) is 23.1. The lowest BCUT2D eigenvalue weighted by atomic mass is 9.89. The highest BCUT2D eigenvalue weighted by atomic mass is 32.1. The summed E-state index contributed by atoms with van der Waals surface area (Å²) in [6, 6.07) is 9.29. The molecule has 32 nitrogen and oxygen atoms in total. The first-order valence-corrected chi connectivity index (χ1v) is 49.6. The van der Waals surface area contributed by atoms with Crippen LogP contribution in [0.4, 0.5) is 23.3 Å². The van der Waals surface area contributed by atoms with Gasteiger partial charge in [-0.05, 0) is 279 Å². The van der Waals surface area contributed by atoms with Gasteiger partial charge >= 0.3 is 0 Å². The summed E-state index contributed by atoms with van der Waals surface area (Å²) in [6.45, 7) is 29.7. The van der Waals surface area contributed by atoms with Gasteiger partial charge in [-0.2, -0.15) is 0 Å². The first-order valence-electron chi connectivity index (χ1n) is 47.3. The standard InChI is InChI=1S/2C24H31N5O3S.C24H33N5O3S.C23H33N5O3S/c2*1-12(2)26-19-10-13(3)16(11-25-19)21-20(24(32)29-14-4-5-15(29)7-6-14)28-23(33-21)22(31)27-17-8-9-18(17)30;1-13(2)26-19-11-14(3)16(12-25-19)21-20(24(32)29-10-6-7-15(29)4)28-23(33-21)22(31)27-17-8-5-9-18(17)30;1-13(2)26-17-10-14(3)16(11-24-17)19-18(22(30)28-9-7-8-15(28)4)27-21(32-19)20(29)25-12-23(5,6)31/h2*10-12,14-15,17-18,30H,4-9H2,1-3H3,(H,25,26)(H,27,31);11-13,15,17-18,30H,5-10H2,1-4H3,(H,25,26)(H,27,31);10-11,13,15,31H,7-9,12H2,1-6H3,(H,24,26)(H,25,29)/t2*14?,15?,17-,18-;15-,17-,18-;15-/m1000/s1/i;;;12D2. The molecule has 8 aromatic heterocycles. The van der Waals surface area contributed by atoms with Gasteiger partial charge in [-0.15, -0.1) is 45.3 Å². The van der Waals surface area contributed by atoms with Gasteiger partial charge in [0.15, 0.2) is 20.0 Å². The number of rotatable bonds is 25. The Morgan fingerprint density at radius 1 is 0.397 bits per heavy atom. The number of nitrogens with zero attached hydrogens (tertiary/aromatic N) is 12. The lowest BCUT2D eigenvalue weighted by Gasteiger charge is -2.32. The number of hydrogen-bond acceptors (Lipinski definition) is 28. The molecule has 14 heterocycles. The van der Waals surface area contributed by atoms with Crippen LogP contribution in [0.3, 0.4) is 0 Å². The molecule has 8 atom stereocenters. The zero-order valence-electron chi connectivity index (χ0n) is 79.8. The molecule has 8 amide bonds. The maximum atomic E-state index is 13.7. The van der Waals surface area contributed by atoms with E-state index in [1.165, 1.54) is 47.9 Å². The van der Waals surface area contributed by atoms with Crippen molar-refractivity contribution in [3.63, 3.8) is 0 Å². The minimum Gasteiger partial charge on any atom is -0.391 e. The summed E-state index contributed by atoms with van der Waals surface area (Å²) in [6.07, 6.45) is 22.6. The number of aliphatic hydroxyl groups excluding tert-OH is 3. The third-order valence-electron chi connectivity index (χ3n) is 25.7. The van der Waals surface area contributed by atoms with E-state index in [-0.39, 0.29) is 146 Å². The van der Waals surface area contributed by atoms with Crippen molar-refractivity contribution < 1.29 is 61.5 Å². The van der Waals surface area contributed by atoms with Gasteiger partial charge in [0.05, 0.1) is 64.3 Å². The number of likely N-dealkylation sites (tertiary alicyclic amines) is 2. The van der Waals surface area contributed by atoms with Crippen molar-refractivity contribution in [2.24, 2.45) is 0 Å². The number of nitrogens with one attached hydrogen (secondary N) is 8. The van der Waals surface area contributed by atoms with Crippen LogP contribution in [-0.2, 0) is 0 Å². The van der Waals surface area contributed by atoms with E-state index in [1.54, 1.807) is 29.7 Å². The number of aliphatic hydroxyl groups is 4. The Bertz CT molecular complexity index is 5430. The topological polar surface area (TPSA) is 430 Å². The van der Waals surface area contributed by atoms with Gasteiger partial charge in [-0.3, -0.25) is 38.4 Å². The van der Waals surface area contributed by atoms with Crippen molar-refractivity contribution in [2.45, 2.75) is 335 Å². The third kappa shape index (κ3) is 22.6. The minimum atomic E-state index is -2.40. The first-order chi connectivity index (χ1) is 63.1. The van der Waals surface area contributed by atoms with Gasteiger partial charge in [-0.1, -0.05) is 0 Å². The molecule has 6 aliphatic heterocycles. The predicted octanol–water partition coefficient (Wildman–Crippen LogP) is 13.8. The molecule has 12 N–H and O–H groups in total. The number of aromatic nitrogens is 8. The molecule has 17 rings (SSSR count). The molecule has 4 bridgehead atoms. The molecular weight excluding hydrogens is 1740 g/mol. The predicted molar refractivity (Wildman–Crippen MR) is 512 cm³/mol. The van der Waals surface area contributed by atoms with Crippen LogP contribution in [-0.4, -0.2) is 249 Å². The van der Waals surface area contributed by atoms with Crippen LogP contribution >= 0.6 is 45.3 Å². The van der Waals surface area contributed by atoms with E-state index in [9.17, 15) is 58.8 Å². The van der Waals surface area contributed by atoms with Gasteiger partial charge in [0, 0.05) is 127 Å². The number of carbonyl (C=O) groups excluding carboxylic acids is 8. The van der Waals surface area contributed by atoms with Gasteiger partial charge in [0.2, 0.25) is 0 Å². The molecule has 6 saturated heterocycles. The molecule has 3 saturated carbocycles. The number of carbonyl (C=O) groups is 8. The van der Waals surface area contributed by atoms with E-state index in [1.807, 2.05) is 108 Å². The van der Waals surface area contributed by atoms with Gasteiger partial charge in [0.1, 0.15) is 46.0 Å². The molecule has 131 heavy (non-hydrogen) atoms. The number of fused-ring (bicyclic) bond motifs is 4. The smallest absolute Gasteiger partial charge is 0.280 e. The summed E-state index contributed by atoms with van der Waals surface area (Å²) in [4.78, 5) is 152. The second-order valence-electron chi connectivity index (χ2n) is 38.0. The van der Waals surface area contributed by atoms with E-state index in [0.717, 1.165) is 170 Å². The maximum absolute atomic E-state index is 13.7. The fourth-order valence-electron chi connectivity index (χ4n) is 18.5. The maximum Gasteiger partial charge on any atom is 0.280 e. The highest BCUT2D eigenvalue weighted by Gasteiger charge is 2.47. The zero-order valence-corrected chi connectivity index (χ0v) is 81.0. The lowest BCUT2D eigenvalue weighted by Crippen LogP contribution is -2.50. The van der Waals surface area contributed by atoms with Gasteiger partial charge in [0.25, 0.3) is 47.3 Å². The van der Waals surface area contributed by atoms with E-state index in [0.29, 0.717) is 80.3 Å². The van der Waals surface area contributed by atoms with Crippen LogP contribution in [0.5, 0.6) is 0 Å². The second kappa shape index (κ2) is 41.6. The summed E-state index contributed by atoms with van der Waals surface area (Å²) in [5.74, 6) is 0.642. The average Bonchev–Trinajstić information content (AvgIpc) is 1.61. The van der Waals surface area contributed by atoms with Gasteiger partial charge in [-0.25, -0.2) is 39.9 Å². The van der Waals surface area contributed by atoms with E-state index >= 15 is 0 Å². The lowest BCUT2D eigenvalue weighted by molar-refractivity contribution is 0.0447. The Labute approximate surface area is 785 Å². The molecule has 0 spiro atoms. The Balaban J connectivity index is 0.000000142. The number of pyridine rings is 4. The molecule has 704 valence electrons. The van der Waals surface area contributed by atoms with Crippen molar-refractivity contribution in [1.82, 2.24) is 80.7 Å². The highest BCUT2D eigenvalue weighted by Crippen LogP contribution is 2.45. The average molecular weight is 1870 g/mol. The van der Waals surface area contributed by atoms with Crippen LogP contribution in [0.15, 0.2) is 49.1 Å². The summed E-state index contributed by atoms with van der Waals surface area (Å²) in [7, 11) is 0. The summed E-state index contributed by atoms with van der Waals surface area (Å²) < 4.78 is 16.0. The Hall–Kier alpha value is -10.1. The molecule has 9 fully saturated rings. The second-order valence-corrected chi connectivity index (χ2v) is 42.0. The first kappa shape index (κ1) is 94.1. The summed E-state index contributed by atoms with van der Waals surface area (Å²) in [5.41, 5.74) is 6.22. The van der Waals surface area contributed by atoms with Crippen molar-refractivity contribution in [3.8, 4) is 41.8 Å². The summed E-state index contributed by atoms with van der Waals surface area (Å²) in [5, 5.41) is 64.6. The van der Waals surface area contributed by atoms with Crippen molar-refractivity contribution in [1.29, 1.82) is 0 Å². The Kier molecular flexibility index (Phi) is 29.9. The molecule has 36 heteroatoms. The van der Waals surface area contributed by atoms with E-state index in [4.69, 9.17) is 2.74 Å². The number of thiazole rings is 4. The fraction of sp³-hybridized carbons (Fsp3) is 0.579.